The molecule has 0 aromatic heterocycles. The highest BCUT2D eigenvalue weighted by Crippen LogP contribution is 2.31. The van der Waals surface area contributed by atoms with Crippen LogP contribution in [-0.2, 0) is 16.6 Å². The molecule has 0 bridgehead atoms. The number of halogens is 2. The highest BCUT2D eigenvalue weighted by atomic mass is 32.2. The zero-order valence-corrected chi connectivity index (χ0v) is 20.3. The largest absolute Gasteiger partial charge is 0.299 e. The smallest absolute Gasteiger partial charge is 0.264 e. The van der Waals surface area contributed by atoms with Crippen molar-refractivity contribution in [2.75, 3.05) is 17.4 Å². The van der Waals surface area contributed by atoms with Crippen molar-refractivity contribution < 1.29 is 17.2 Å². The average molecular weight is 485 g/mol. The summed E-state index contributed by atoms with van der Waals surface area (Å²) in [5.74, 6) is -0.437. The highest BCUT2D eigenvalue weighted by molar-refractivity contribution is 7.92. The quantitative estimate of drug-likeness (QED) is 0.416. The third kappa shape index (κ3) is 5.47. The second kappa shape index (κ2) is 10.2. The van der Waals surface area contributed by atoms with Crippen molar-refractivity contribution in [3.63, 3.8) is 0 Å². The Balaban J connectivity index is 1.52. The zero-order valence-electron chi connectivity index (χ0n) is 19.5. The van der Waals surface area contributed by atoms with E-state index in [1.807, 2.05) is 0 Å². The number of hydrogen-bond acceptors (Lipinski definition) is 3. The topological polar surface area (TPSA) is 40.6 Å². The van der Waals surface area contributed by atoms with Crippen molar-refractivity contribution in [2.45, 2.75) is 50.1 Å². The summed E-state index contributed by atoms with van der Waals surface area (Å²) in [4.78, 5) is 2.35. The summed E-state index contributed by atoms with van der Waals surface area (Å²) in [5.41, 5.74) is 2.95. The van der Waals surface area contributed by atoms with Crippen molar-refractivity contribution in [2.24, 2.45) is 0 Å². The van der Waals surface area contributed by atoms with E-state index < -0.39 is 21.7 Å². The lowest BCUT2D eigenvalue weighted by Gasteiger charge is -2.39. The lowest BCUT2D eigenvalue weighted by Crippen LogP contribution is -2.47. The lowest BCUT2D eigenvalue weighted by molar-refractivity contribution is 0.206. The van der Waals surface area contributed by atoms with Crippen LogP contribution in [0.2, 0.25) is 0 Å². The lowest BCUT2D eigenvalue weighted by atomic mass is 10.0. The molecule has 0 unspecified atom stereocenters. The van der Waals surface area contributed by atoms with Gasteiger partial charge in [-0.1, -0.05) is 38.1 Å². The van der Waals surface area contributed by atoms with Crippen molar-refractivity contribution in [3.05, 3.63) is 95.6 Å². The number of rotatable bonds is 7. The first-order chi connectivity index (χ1) is 16.2. The van der Waals surface area contributed by atoms with Crippen LogP contribution in [0.1, 0.15) is 43.7 Å². The molecular weight excluding hydrogens is 454 g/mol. The number of benzene rings is 3. The van der Waals surface area contributed by atoms with E-state index in [0.717, 1.165) is 31.8 Å². The van der Waals surface area contributed by atoms with Crippen LogP contribution >= 0.6 is 0 Å². The summed E-state index contributed by atoms with van der Waals surface area (Å²) in [5, 5.41) is 0. The molecule has 3 aromatic rings. The van der Waals surface area contributed by atoms with E-state index in [1.165, 1.54) is 51.8 Å². The first-order valence-electron chi connectivity index (χ1n) is 11.6. The van der Waals surface area contributed by atoms with E-state index in [-0.39, 0.29) is 10.9 Å². The number of likely N-dealkylation sites (tertiary alicyclic amines) is 1. The molecule has 7 heteroatoms. The summed E-state index contributed by atoms with van der Waals surface area (Å²) in [6.07, 6.45) is 1.28. The van der Waals surface area contributed by atoms with Crippen LogP contribution in [-0.4, -0.2) is 32.4 Å². The Hall–Kier alpha value is -2.77. The molecule has 0 saturated carbocycles. The standard InChI is InChI=1S/C27H30F2N2O2S/c1-20(2)22-5-3-21(4-6-22)19-30-17-15-26(16-18-30)31(25-11-7-23(28)8-12-25)34(32,33)27-13-9-24(29)10-14-27/h3-14,20,26H,15-19H2,1-2H3. The molecule has 1 heterocycles. The Kier molecular flexibility index (Phi) is 7.33. The van der Waals surface area contributed by atoms with Crippen LogP contribution in [0.4, 0.5) is 14.5 Å². The predicted octanol–water partition coefficient (Wildman–Crippen LogP) is 5.95. The fraction of sp³-hybridized carbons (Fsp3) is 0.333. The third-order valence-corrected chi connectivity index (χ3v) is 8.29. The van der Waals surface area contributed by atoms with Crippen LogP contribution in [0, 0.1) is 11.6 Å². The molecule has 0 aliphatic carbocycles. The minimum absolute atomic E-state index is 0.0193. The third-order valence-electron chi connectivity index (χ3n) is 6.39. The van der Waals surface area contributed by atoms with Gasteiger partial charge in [-0.25, -0.2) is 17.2 Å². The van der Waals surface area contributed by atoms with Gasteiger partial charge in [-0.3, -0.25) is 9.21 Å². The van der Waals surface area contributed by atoms with Gasteiger partial charge in [0.05, 0.1) is 10.6 Å². The summed E-state index contributed by atoms with van der Waals surface area (Å²) in [6.45, 7) is 6.64. The molecule has 0 radical (unpaired) electrons. The number of hydrogen-bond donors (Lipinski definition) is 0. The zero-order chi connectivity index (χ0) is 24.3. The van der Waals surface area contributed by atoms with Crippen molar-refractivity contribution in [3.8, 4) is 0 Å². The SMILES string of the molecule is CC(C)c1ccc(CN2CCC(N(c3ccc(F)cc3)S(=O)(=O)c3ccc(F)cc3)CC2)cc1. The number of nitrogens with zero attached hydrogens (tertiary/aromatic N) is 2. The van der Waals surface area contributed by atoms with Gasteiger partial charge in [0.25, 0.3) is 10.0 Å². The minimum Gasteiger partial charge on any atom is -0.299 e. The van der Waals surface area contributed by atoms with E-state index in [2.05, 4.69) is 43.0 Å². The minimum atomic E-state index is -3.95. The Morgan fingerprint density at radius 2 is 1.38 bits per heavy atom. The fourth-order valence-electron chi connectivity index (χ4n) is 4.43. The van der Waals surface area contributed by atoms with Gasteiger partial charge in [-0.15, -0.1) is 0 Å². The van der Waals surface area contributed by atoms with Gasteiger partial charge < -0.3 is 0 Å². The van der Waals surface area contributed by atoms with Gasteiger partial charge in [-0.2, -0.15) is 0 Å². The molecule has 34 heavy (non-hydrogen) atoms. The Labute approximate surface area is 200 Å². The van der Waals surface area contributed by atoms with Crippen molar-refractivity contribution >= 4 is 15.7 Å². The summed E-state index contributed by atoms with van der Waals surface area (Å²) >= 11 is 0. The van der Waals surface area contributed by atoms with E-state index >= 15 is 0 Å². The first-order valence-corrected chi connectivity index (χ1v) is 13.0. The molecule has 1 aliphatic rings. The predicted molar refractivity (Wildman–Crippen MR) is 131 cm³/mol. The van der Waals surface area contributed by atoms with E-state index in [9.17, 15) is 17.2 Å². The maximum atomic E-state index is 13.6. The van der Waals surface area contributed by atoms with Crippen LogP contribution in [0.3, 0.4) is 0 Å². The van der Waals surface area contributed by atoms with E-state index in [0.29, 0.717) is 24.4 Å². The van der Waals surface area contributed by atoms with Crippen molar-refractivity contribution in [1.29, 1.82) is 0 Å². The van der Waals surface area contributed by atoms with Gasteiger partial charge in [0.1, 0.15) is 11.6 Å². The molecule has 4 rings (SSSR count). The molecule has 1 fully saturated rings. The van der Waals surface area contributed by atoms with Gasteiger partial charge >= 0.3 is 0 Å². The van der Waals surface area contributed by atoms with Gasteiger partial charge in [0.15, 0.2) is 0 Å². The Morgan fingerprint density at radius 3 is 1.91 bits per heavy atom. The van der Waals surface area contributed by atoms with Gasteiger partial charge in [-0.05, 0) is 78.4 Å². The van der Waals surface area contributed by atoms with Crippen LogP contribution in [0.15, 0.2) is 77.7 Å². The maximum absolute atomic E-state index is 13.6. The van der Waals surface area contributed by atoms with Crippen LogP contribution in [0.25, 0.3) is 0 Å². The Morgan fingerprint density at radius 1 is 0.853 bits per heavy atom. The van der Waals surface area contributed by atoms with E-state index in [4.69, 9.17) is 0 Å². The van der Waals surface area contributed by atoms with E-state index in [1.54, 1.807) is 0 Å². The van der Waals surface area contributed by atoms with Gasteiger partial charge in [0.2, 0.25) is 0 Å². The molecule has 180 valence electrons. The molecule has 0 amide bonds. The Bertz CT molecular complexity index is 1190. The number of anilines is 1. The number of sulfonamides is 1. The fourth-order valence-corrected chi connectivity index (χ4v) is 6.14. The summed E-state index contributed by atoms with van der Waals surface area (Å²) in [6, 6.07) is 18.7. The van der Waals surface area contributed by atoms with Crippen LogP contribution < -0.4 is 4.31 Å². The molecule has 0 spiro atoms. The second-order valence-electron chi connectivity index (χ2n) is 9.13. The molecule has 4 nitrogen and oxygen atoms in total. The molecular formula is C27H30F2N2O2S. The highest BCUT2D eigenvalue weighted by Gasteiger charge is 2.34. The summed E-state index contributed by atoms with van der Waals surface area (Å²) in [7, 11) is -3.95. The average Bonchev–Trinajstić information content (AvgIpc) is 2.82. The molecule has 1 saturated heterocycles. The normalized spacial score (nSPS) is 15.6. The summed E-state index contributed by atoms with van der Waals surface area (Å²) < 4.78 is 55.5. The molecule has 0 N–H and O–H groups in total. The first kappa shape index (κ1) is 24.4. The van der Waals surface area contributed by atoms with Gasteiger partial charge in [0, 0.05) is 25.7 Å². The second-order valence-corrected chi connectivity index (χ2v) is 10.9. The van der Waals surface area contributed by atoms with Crippen LogP contribution in [0.5, 0.6) is 0 Å². The monoisotopic (exact) mass is 484 g/mol. The maximum Gasteiger partial charge on any atom is 0.264 e. The van der Waals surface area contributed by atoms with Crippen molar-refractivity contribution in [1.82, 2.24) is 4.90 Å². The molecule has 0 atom stereocenters. The number of piperidine rings is 1. The molecule has 1 aliphatic heterocycles. The molecule has 3 aromatic carbocycles.